The first-order valence-electron chi connectivity index (χ1n) is 1.51. The van der Waals surface area contributed by atoms with E-state index in [0.29, 0.717) is 0 Å². The van der Waals surface area contributed by atoms with Crippen LogP contribution < -0.4 is 0 Å². The van der Waals surface area contributed by atoms with Gasteiger partial charge in [-0.3, -0.25) is 0 Å². The van der Waals surface area contributed by atoms with Crippen molar-refractivity contribution >= 4 is 29.0 Å². The van der Waals surface area contributed by atoms with Gasteiger partial charge >= 0.3 is 0 Å². The number of hydrogen-bond donors (Lipinski definition) is 1. The molecule has 5 heteroatoms. The van der Waals surface area contributed by atoms with Crippen LogP contribution in [0.2, 0.25) is 0 Å². The Morgan fingerprint density at radius 1 is 1.80 bits per heavy atom. The van der Waals surface area contributed by atoms with E-state index in [-0.39, 0.29) is 9.28 Å². The van der Waals surface area contributed by atoms with Crippen molar-refractivity contribution in [2.75, 3.05) is 0 Å². The minimum atomic E-state index is -0.635. The van der Waals surface area contributed by atoms with E-state index in [0.717, 1.165) is 10.5 Å². The molecule has 0 aliphatic heterocycles. The van der Waals surface area contributed by atoms with Crippen molar-refractivity contribution < 1.29 is 8.91 Å². The Bertz CT molecular complexity index is 12.4. The molecule has 0 aromatic heterocycles. The lowest BCUT2D eigenvalue weighted by Crippen LogP contribution is -2.04. The fourth-order valence-corrected chi connectivity index (χ4v) is 2.46. The maximum atomic E-state index is 8.16. The summed E-state index contributed by atoms with van der Waals surface area (Å²) in [6, 6.07) is 0. The molecule has 0 atom stereocenters. The first-order chi connectivity index (χ1) is 2.41. The largest absolute Gasteiger partial charge is 0.468 e. The molecule has 0 aliphatic carbocycles. The predicted octanol–water partition coefficient (Wildman–Crippen LogP) is -3.64. The van der Waals surface area contributed by atoms with Crippen LogP contribution in [0.3, 0.4) is 0 Å². The molecule has 32 valence electrons. The van der Waals surface area contributed by atoms with Crippen LogP contribution >= 0.6 is 0 Å². The monoisotopic (exact) mass is 124 g/mol. The average molecular weight is 124 g/mol. The lowest BCUT2D eigenvalue weighted by atomic mass is 15.8. The van der Waals surface area contributed by atoms with E-state index in [4.69, 9.17) is 8.91 Å². The van der Waals surface area contributed by atoms with Gasteiger partial charge in [0.15, 0.2) is 18.6 Å². The first kappa shape index (κ1) is 5.57. The van der Waals surface area contributed by atoms with Crippen LogP contribution in [-0.4, -0.2) is 33.8 Å². The molecule has 0 heterocycles. The Hall–Kier alpha value is 0.571. The lowest BCUT2D eigenvalue weighted by molar-refractivity contribution is 0.604. The van der Waals surface area contributed by atoms with Gasteiger partial charge in [0.1, 0.15) is 10.5 Å². The molecule has 0 bridgehead atoms. The molecular formula is H8O2Si3. The van der Waals surface area contributed by atoms with Crippen LogP contribution in [0, 0.1) is 0 Å². The van der Waals surface area contributed by atoms with E-state index in [1.54, 1.807) is 0 Å². The van der Waals surface area contributed by atoms with Gasteiger partial charge in [-0.1, -0.05) is 0 Å². The molecule has 2 nitrogen and oxygen atoms in total. The summed E-state index contributed by atoms with van der Waals surface area (Å²) in [5.74, 6) is 0. The second-order valence-corrected chi connectivity index (χ2v) is 6.45. The lowest BCUT2D eigenvalue weighted by Gasteiger charge is -1.82. The van der Waals surface area contributed by atoms with Crippen molar-refractivity contribution in [2.24, 2.45) is 0 Å². The van der Waals surface area contributed by atoms with Crippen LogP contribution in [0.4, 0.5) is 0 Å². The maximum Gasteiger partial charge on any atom is 0.168 e. The summed E-state index contributed by atoms with van der Waals surface area (Å²) in [7, 11) is -0.111. The SMILES string of the molecule is O[SiH2][SiH2]O[SiH3]. The highest BCUT2D eigenvalue weighted by atomic mass is 29.2. The van der Waals surface area contributed by atoms with E-state index in [1.165, 1.54) is 0 Å². The fraction of sp³-hybridized carbons (Fsp3) is 0. The summed E-state index contributed by atoms with van der Waals surface area (Å²) in [6.07, 6.45) is 0. The standard InChI is InChI=1S/H8O2Si3/c1-4-5-2-3/h1H,4-5H2,3H3. The molecule has 0 unspecified atom stereocenters. The van der Waals surface area contributed by atoms with E-state index in [1.807, 2.05) is 0 Å². The van der Waals surface area contributed by atoms with Gasteiger partial charge in [0, 0.05) is 0 Å². The Kier molecular flexibility index (Phi) is 5.09. The minimum Gasteiger partial charge on any atom is -0.468 e. The topological polar surface area (TPSA) is 29.5 Å². The molecule has 0 radical (unpaired) electrons. The van der Waals surface area contributed by atoms with Gasteiger partial charge in [-0.2, -0.15) is 0 Å². The third-order valence-corrected chi connectivity index (χ3v) is 6.33. The maximum absolute atomic E-state index is 8.16. The Morgan fingerprint density at radius 2 is 2.40 bits per heavy atom. The fourth-order valence-electron chi connectivity index (χ4n) is 0.0913. The van der Waals surface area contributed by atoms with Gasteiger partial charge in [0.05, 0.1) is 0 Å². The number of hydrogen-bond acceptors (Lipinski definition) is 2. The van der Waals surface area contributed by atoms with Gasteiger partial charge in [-0.25, -0.2) is 0 Å². The highest BCUT2D eigenvalue weighted by Gasteiger charge is 1.72. The smallest absolute Gasteiger partial charge is 0.168 e. The zero-order valence-corrected chi connectivity index (χ0v) is 8.10. The summed E-state index contributed by atoms with van der Waals surface area (Å²) in [5.41, 5.74) is 0. The van der Waals surface area contributed by atoms with Crippen molar-refractivity contribution in [2.45, 2.75) is 0 Å². The van der Waals surface area contributed by atoms with Gasteiger partial charge in [-0.05, 0) is 0 Å². The van der Waals surface area contributed by atoms with Gasteiger partial charge in [0.25, 0.3) is 0 Å². The Labute approximate surface area is 38.8 Å². The third-order valence-electron chi connectivity index (χ3n) is 0.295. The molecule has 1 N–H and O–H groups in total. The second-order valence-electron chi connectivity index (χ2n) is 0.716. The first-order valence-corrected chi connectivity index (χ1v) is 7.54. The zero-order valence-electron chi connectivity index (χ0n) is 3.27. The molecule has 0 amide bonds. The van der Waals surface area contributed by atoms with Crippen LogP contribution in [0.5, 0.6) is 0 Å². The number of rotatable bonds is 2. The van der Waals surface area contributed by atoms with Crippen LogP contribution in [0.15, 0.2) is 0 Å². The normalized spacial score (nSPS) is 13.8. The highest BCUT2D eigenvalue weighted by molar-refractivity contribution is 6.94. The van der Waals surface area contributed by atoms with Crippen molar-refractivity contribution in [3.05, 3.63) is 0 Å². The molecule has 0 aromatic rings. The summed E-state index contributed by atoms with van der Waals surface area (Å²) in [4.78, 5) is 8.16. The van der Waals surface area contributed by atoms with Gasteiger partial charge < -0.3 is 8.91 Å². The molecule has 0 spiro atoms. The molecule has 0 saturated carbocycles. The summed E-state index contributed by atoms with van der Waals surface area (Å²) >= 11 is 0. The molecule has 0 saturated heterocycles. The second kappa shape index (κ2) is 4.57. The highest BCUT2D eigenvalue weighted by Crippen LogP contribution is 1.45. The minimum absolute atomic E-state index is 0.312. The summed E-state index contributed by atoms with van der Waals surface area (Å²) in [6.45, 7) is 0. The molecule has 0 fully saturated rings. The van der Waals surface area contributed by atoms with Crippen LogP contribution in [-0.2, 0) is 4.12 Å². The van der Waals surface area contributed by atoms with E-state index < -0.39 is 9.28 Å². The van der Waals surface area contributed by atoms with Gasteiger partial charge in [0.2, 0.25) is 0 Å². The van der Waals surface area contributed by atoms with Crippen LogP contribution in [0.25, 0.3) is 0 Å². The van der Waals surface area contributed by atoms with Crippen LogP contribution in [0.1, 0.15) is 0 Å². The van der Waals surface area contributed by atoms with Crippen molar-refractivity contribution in [1.82, 2.24) is 0 Å². The summed E-state index contributed by atoms with van der Waals surface area (Å²) in [5, 5.41) is 0. The molecule has 0 aromatic carbocycles. The van der Waals surface area contributed by atoms with Crippen molar-refractivity contribution in [3.63, 3.8) is 0 Å². The average Bonchev–Trinajstić information content (AvgIpc) is 1.41. The quantitative estimate of drug-likeness (QED) is 0.385. The molecule has 0 rings (SSSR count). The third kappa shape index (κ3) is 4.57. The Balaban J connectivity index is 2.19. The molecule has 0 aliphatic rings. The van der Waals surface area contributed by atoms with E-state index >= 15 is 0 Å². The van der Waals surface area contributed by atoms with Crippen molar-refractivity contribution in [1.29, 1.82) is 0 Å². The molecular weight excluding hydrogens is 116 g/mol. The predicted molar refractivity (Wildman–Crippen MR) is 30.3 cm³/mol. The zero-order chi connectivity index (χ0) is 4.12. The summed E-state index contributed by atoms with van der Waals surface area (Å²) < 4.78 is 4.78. The molecule has 5 heavy (non-hydrogen) atoms. The van der Waals surface area contributed by atoms with E-state index in [2.05, 4.69) is 0 Å². The Morgan fingerprint density at radius 3 is 2.40 bits per heavy atom. The van der Waals surface area contributed by atoms with E-state index in [9.17, 15) is 0 Å². The van der Waals surface area contributed by atoms with Crippen molar-refractivity contribution in [3.8, 4) is 0 Å². The van der Waals surface area contributed by atoms with Gasteiger partial charge in [-0.15, -0.1) is 0 Å².